The van der Waals surface area contributed by atoms with Crippen LogP contribution in [-0.4, -0.2) is 17.4 Å². The van der Waals surface area contributed by atoms with E-state index in [4.69, 9.17) is 22.5 Å². The Morgan fingerprint density at radius 1 is 1.00 bits per heavy atom. The molecule has 0 aliphatic carbocycles. The molecule has 3 rings (SSSR count). The summed E-state index contributed by atoms with van der Waals surface area (Å²) in [5.41, 5.74) is 7.96. The molecule has 0 radical (unpaired) electrons. The predicted molar refractivity (Wildman–Crippen MR) is 90.6 cm³/mol. The lowest BCUT2D eigenvalue weighted by atomic mass is 9.97. The minimum Gasteiger partial charge on any atom is -0.367 e. The Balaban J connectivity index is 2.32. The summed E-state index contributed by atoms with van der Waals surface area (Å²) in [4.78, 5) is 0. The van der Waals surface area contributed by atoms with Crippen molar-refractivity contribution in [2.24, 2.45) is 15.9 Å². The summed E-state index contributed by atoms with van der Waals surface area (Å²) in [6.07, 6.45) is 1.60. The van der Waals surface area contributed by atoms with E-state index in [0.717, 1.165) is 27.1 Å². The fourth-order valence-electron chi connectivity index (χ4n) is 2.42. The molecule has 0 amide bonds. The zero-order valence-corrected chi connectivity index (χ0v) is 12.2. The molecule has 4 N–H and O–H groups in total. The lowest BCUT2D eigenvalue weighted by Gasteiger charge is -2.10. The van der Waals surface area contributed by atoms with E-state index in [2.05, 4.69) is 10.2 Å². The number of nitrogens with one attached hydrogen (secondary N) is 1. The highest BCUT2D eigenvalue weighted by Crippen LogP contribution is 2.35. The monoisotopic (exact) mass is 312 g/mol. The smallest absolute Gasteiger partial charge is 0.237 e. The van der Waals surface area contributed by atoms with Crippen molar-refractivity contribution in [3.63, 3.8) is 0 Å². The van der Waals surface area contributed by atoms with E-state index in [-0.39, 0.29) is 5.96 Å². The van der Waals surface area contributed by atoms with E-state index in [9.17, 15) is 0 Å². The number of halogens is 1. The van der Waals surface area contributed by atoms with Crippen molar-refractivity contribution >= 4 is 45.3 Å². The van der Waals surface area contributed by atoms with Crippen LogP contribution in [0, 0.1) is 0 Å². The van der Waals surface area contributed by atoms with Crippen molar-refractivity contribution in [2.45, 2.75) is 0 Å². The number of hydroxylamine groups is 1. The lowest BCUT2D eigenvalue weighted by Crippen LogP contribution is -2.27. The Morgan fingerprint density at radius 3 is 2.00 bits per heavy atom. The fraction of sp³-hybridized carbons (Fsp3) is 0. The Hall–Kier alpha value is -2.63. The lowest BCUT2D eigenvalue weighted by molar-refractivity contribution is 0.232. The van der Waals surface area contributed by atoms with Crippen molar-refractivity contribution in [1.82, 2.24) is 5.48 Å². The molecular weight excluding hydrogens is 300 g/mol. The second-order valence-electron chi connectivity index (χ2n) is 4.66. The molecule has 0 unspecified atom stereocenters. The van der Waals surface area contributed by atoms with Gasteiger partial charge in [0.05, 0.1) is 11.2 Å². The van der Waals surface area contributed by atoms with Gasteiger partial charge in [-0.3, -0.25) is 5.21 Å². The van der Waals surface area contributed by atoms with Crippen LogP contribution in [0.1, 0.15) is 5.56 Å². The summed E-state index contributed by atoms with van der Waals surface area (Å²) >= 11 is 6.52. The maximum Gasteiger partial charge on any atom is 0.237 e. The van der Waals surface area contributed by atoms with Crippen LogP contribution < -0.4 is 11.2 Å². The predicted octanol–water partition coefficient (Wildman–Crippen LogP) is 3.27. The molecule has 22 heavy (non-hydrogen) atoms. The highest BCUT2D eigenvalue weighted by atomic mass is 35.5. The summed E-state index contributed by atoms with van der Waals surface area (Å²) in [5, 5.41) is 20.7. The number of nitrogens with two attached hydrogens (primary N) is 1. The molecule has 0 aliphatic rings. The molecule has 0 saturated carbocycles. The number of hydrogen-bond acceptors (Lipinski definition) is 3. The average molecular weight is 313 g/mol. The average Bonchev–Trinajstić information content (AvgIpc) is 2.57. The first-order valence-corrected chi connectivity index (χ1v) is 6.95. The standard InChI is InChI=1S/C16H13ClN4O/c17-15-12-7-3-1-5-10(12)14(9-19-20-16(18)21-22)11-6-2-4-8-13(11)15/h1-9,22H,(H3,18,20,21)/b19-9-. The first-order chi connectivity index (χ1) is 10.7. The maximum atomic E-state index is 8.61. The summed E-state index contributed by atoms with van der Waals surface area (Å²) in [7, 11) is 0. The number of rotatable bonds is 2. The van der Waals surface area contributed by atoms with E-state index < -0.39 is 0 Å². The van der Waals surface area contributed by atoms with Gasteiger partial charge in [-0.15, -0.1) is 5.10 Å². The minimum atomic E-state index is -0.182. The second-order valence-corrected chi connectivity index (χ2v) is 5.04. The molecule has 0 fully saturated rings. The Bertz CT molecular complexity index is 848. The molecule has 110 valence electrons. The van der Waals surface area contributed by atoms with Crippen LogP contribution in [0.3, 0.4) is 0 Å². The topological polar surface area (TPSA) is 83.0 Å². The third-order valence-corrected chi connectivity index (χ3v) is 3.78. The van der Waals surface area contributed by atoms with Gasteiger partial charge in [0.2, 0.25) is 5.96 Å². The van der Waals surface area contributed by atoms with Crippen molar-refractivity contribution in [2.75, 3.05) is 0 Å². The highest BCUT2D eigenvalue weighted by Gasteiger charge is 2.10. The Kier molecular flexibility index (Phi) is 3.91. The Morgan fingerprint density at radius 2 is 1.50 bits per heavy atom. The third kappa shape index (κ3) is 2.47. The summed E-state index contributed by atoms with van der Waals surface area (Å²) in [6, 6.07) is 15.7. The molecule has 0 saturated heterocycles. The van der Waals surface area contributed by atoms with Gasteiger partial charge in [-0.2, -0.15) is 5.10 Å². The van der Waals surface area contributed by atoms with Gasteiger partial charge in [0.15, 0.2) is 0 Å². The molecule has 5 nitrogen and oxygen atoms in total. The van der Waals surface area contributed by atoms with Gasteiger partial charge < -0.3 is 5.73 Å². The molecule has 0 aliphatic heterocycles. The van der Waals surface area contributed by atoms with Gasteiger partial charge in [-0.05, 0) is 10.8 Å². The molecule has 0 spiro atoms. The molecule has 0 heterocycles. The van der Waals surface area contributed by atoms with Crippen LogP contribution in [-0.2, 0) is 0 Å². The van der Waals surface area contributed by atoms with E-state index in [1.165, 1.54) is 0 Å². The van der Waals surface area contributed by atoms with E-state index in [1.807, 2.05) is 48.5 Å². The third-order valence-electron chi connectivity index (χ3n) is 3.37. The SMILES string of the molecule is NC(=N/N=C\c1c2ccccc2c(Cl)c2ccccc12)NO. The van der Waals surface area contributed by atoms with E-state index >= 15 is 0 Å². The fourth-order valence-corrected chi connectivity index (χ4v) is 2.75. The second kappa shape index (κ2) is 6.01. The summed E-state index contributed by atoms with van der Waals surface area (Å²) < 4.78 is 0. The van der Waals surface area contributed by atoms with Crippen LogP contribution in [0.15, 0.2) is 58.7 Å². The van der Waals surface area contributed by atoms with Gasteiger partial charge in [-0.1, -0.05) is 60.1 Å². The van der Waals surface area contributed by atoms with Gasteiger partial charge in [-0.25, -0.2) is 5.48 Å². The van der Waals surface area contributed by atoms with Crippen molar-refractivity contribution < 1.29 is 5.21 Å². The summed E-state index contributed by atoms with van der Waals surface area (Å²) in [6.45, 7) is 0. The van der Waals surface area contributed by atoms with Crippen LogP contribution >= 0.6 is 11.6 Å². The molecule has 0 bridgehead atoms. The van der Waals surface area contributed by atoms with Crippen molar-refractivity contribution in [3.8, 4) is 0 Å². The number of nitrogens with zero attached hydrogens (tertiary/aromatic N) is 2. The number of guanidine groups is 1. The molecular formula is C16H13ClN4O. The minimum absolute atomic E-state index is 0.182. The molecule has 0 atom stereocenters. The number of hydrogen-bond donors (Lipinski definition) is 3. The quantitative estimate of drug-likeness (QED) is 0.294. The van der Waals surface area contributed by atoms with Crippen LogP contribution in [0.4, 0.5) is 0 Å². The Labute approximate surface area is 131 Å². The zero-order chi connectivity index (χ0) is 15.5. The van der Waals surface area contributed by atoms with Crippen LogP contribution in [0.5, 0.6) is 0 Å². The van der Waals surface area contributed by atoms with Gasteiger partial charge in [0.1, 0.15) is 0 Å². The number of benzene rings is 3. The summed E-state index contributed by atoms with van der Waals surface area (Å²) in [5.74, 6) is -0.182. The zero-order valence-electron chi connectivity index (χ0n) is 11.5. The largest absolute Gasteiger partial charge is 0.367 e. The number of fused-ring (bicyclic) bond motifs is 2. The first-order valence-electron chi connectivity index (χ1n) is 6.58. The maximum absolute atomic E-state index is 8.61. The molecule has 3 aromatic carbocycles. The van der Waals surface area contributed by atoms with Gasteiger partial charge in [0.25, 0.3) is 0 Å². The van der Waals surface area contributed by atoms with Gasteiger partial charge >= 0.3 is 0 Å². The van der Waals surface area contributed by atoms with Gasteiger partial charge in [0, 0.05) is 16.3 Å². The molecule has 0 aromatic heterocycles. The molecule has 6 heteroatoms. The molecule has 3 aromatic rings. The van der Waals surface area contributed by atoms with Crippen molar-refractivity contribution in [3.05, 3.63) is 59.1 Å². The van der Waals surface area contributed by atoms with Crippen molar-refractivity contribution in [1.29, 1.82) is 0 Å². The van der Waals surface area contributed by atoms with Crippen LogP contribution in [0.2, 0.25) is 5.02 Å². The van der Waals surface area contributed by atoms with E-state index in [0.29, 0.717) is 5.02 Å². The highest BCUT2D eigenvalue weighted by molar-refractivity contribution is 6.42. The van der Waals surface area contributed by atoms with E-state index in [1.54, 1.807) is 11.7 Å². The van der Waals surface area contributed by atoms with Crippen LogP contribution in [0.25, 0.3) is 21.5 Å². The normalized spacial score (nSPS) is 12.4. The first kappa shape index (κ1) is 14.3.